The summed E-state index contributed by atoms with van der Waals surface area (Å²) in [6, 6.07) is 3.77. The van der Waals surface area contributed by atoms with E-state index in [9.17, 15) is 19.7 Å². The molecule has 0 spiro atoms. The molecular weight excluding hydrogens is 228 g/mol. The summed E-state index contributed by atoms with van der Waals surface area (Å²) in [6.07, 6.45) is -0.392. The van der Waals surface area contributed by atoms with Gasteiger partial charge in [0.2, 0.25) is 0 Å². The number of carboxylic acid groups (broad SMARTS) is 1. The van der Waals surface area contributed by atoms with E-state index in [4.69, 9.17) is 10.8 Å². The zero-order chi connectivity index (χ0) is 13.0. The monoisotopic (exact) mass is 238 g/mol. The third-order valence-electron chi connectivity index (χ3n) is 2.10. The van der Waals surface area contributed by atoms with Gasteiger partial charge in [-0.25, -0.2) is 0 Å². The Labute approximate surface area is 96.0 Å². The SMILES string of the molecule is N[C@H](CC(=O)c1cccc([N+](=O)[O-])c1)C(=O)O. The van der Waals surface area contributed by atoms with Crippen LogP contribution in [0.5, 0.6) is 0 Å². The molecule has 1 rings (SSSR count). The average molecular weight is 238 g/mol. The van der Waals surface area contributed by atoms with Gasteiger partial charge in [0.15, 0.2) is 5.78 Å². The molecule has 7 heteroatoms. The molecule has 1 aromatic rings. The predicted octanol–water partition coefficient (Wildman–Crippen LogP) is 0.580. The van der Waals surface area contributed by atoms with Crippen molar-refractivity contribution in [2.75, 3.05) is 0 Å². The lowest BCUT2D eigenvalue weighted by molar-refractivity contribution is -0.384. The second kappa shape index (κ2) is 5.17. The van der Waals surface area contributed by atoms with E-state index >= 15 is 0 Å². The molecule has 7 nitrogen and oxygen atoms in total. The molecule has 0 aliphatic rings. The highest BCUT2D eigenvalue weighted by atomic mass is 16.6. The number of ketones is 1. The Bertz CT molecular complexity index is 472. The lowest BCUT2D eigenvalue weighted by Crippen LogP contribution is -2.32. The fourth-order valence-corrected chi connectivity index (χ4v) is 1.20. The first-order valence-corrected chi connectivity index (χ1v) is 4.68. The molecule has 0 aromatic heterocycles. The Morgan fingerprint density at radius 1 is 1.47 bits per heavy atom. The van der Waals surface area contributed by atoms with Crippen molar-refractivity contribution < 1.29 is 19.6 Å². The zero-order valence-corrected chi connectivity index (χ0v) is 8.70. The minimum Gasteiger partial charge on any atom is -0.480 e. The van der Waals surface area contributed by atoms with Crippen molar-refractivity contribution in [3.05, 3.63) is 39.9 Å². The summed E-state index contributed by atoms with van der Waals surface area (Å²) >= 11 is 0. The molecular formula is C10H10N2O5. The van der Waals surface area contributed by atoms with Crippen LogP contribution >= 0.6 is 0 Å². The van der Waals surface area contributed by atoms with E-state index < -0.39 is 29.1 Å². The number of non-ortho nitro benzene ring substituents is 1. The molecule has 0 saturated carbocycles. The predicted molar refractivity (Wildman–Crippen MR) is 57.7 cm³/mol. The maximum absolute atomic E-state index is 11.6. The number of rotatable bonds is 5. The summed E-state index contributed by atoms with van der Waals surface area (Å²) in [6.45, 7) is 0. The van der Waals surface area contributed by atoms with Crippen LogP contribution in [0.2, 0.25) is 0 Å². The average Bonchev–Trinajstić information content (AvgIpc) is 2.28. The van der Waals surface area contributed by atoms with Crippen molar-refractivity contribution in [1.29, 1.82) is 0 Å². The smallest absolute Gasteiger partial charge is 0.320 e. The maximum atomic E-state index is 11.6. The van der Waals surface area contributed by atoms with E-state index in [0.717, 1.165) is 6.07 Å². The number of carbonyl (C=O) groups excluding carboxylic acids is 1. The second-order valence-electron chi connectivity index (χ2n) is 3.38. The highest BCUT2D eigenvalue weighted by Crippen LogP contribution is 2.14. The summed E-state index contributed by atoms with van der Waals surface area (Å²) in [7, 11) is 0. The van der Waals surface area contributed by atoms with Crippen LogP contribution in [0.25, 0.3) is 0 Å². The summed E-state index contributed by atoms with van der Waals surface area (Å²) in [4.78, 5) is 31.9. The van der Waals surface area contributed by atoms with Crippen LogP contribution in [0.3, 0.4) is 0 Å². The van der Waals surface area contributed by atoms with Crippen LogP contribution in [-0.4, -0.2) is 27.8 Å². The van der Waals surface area contributed by atoms with E-state index in [-0.39, 0.29) is 11.3 Å². The number of nitrogens with zero attached hydrogens (tertiary/aromatic N) is 1. The van der Waals surface area contributed by atoms with Gasteiger partial charge in [-0.1, -0.05) is 12.1 Å². The first kappa shape index (κ1) is 12.8. The number of carbonyl (C=O) groups is 2. The number of carboxylic acids is 1. The molecule has 0 radical (unpaired) electrons. The summed E-state index contributed by atoms with van der Waals surface area (Å²) in [5.41, 5.74) is 5.06. The topological polar surface area (TPSA) is 124 Å². The molecule has 0 aliphatic carbocycles. The fourth-order valence-electron chi connectivity index (χ4n) is 1.20. The van der Waals surface area contributed by atoms with Crippen molar-refractivity contribution in [2.45, 2.75) is 12.5 Å². The number of nitrogens with two attached hydrogens (primary N) is 1. The summed E-state index contributed by atoms with van der Waals surface area (Å²) in [5.74, 6) is -1.83. The number of nitro benzene ring substituents is 1. The molecule has 0 saturated heterocycles. The van der Waals surface area contributed by atoms with Crippen LogP contribution in [-0.2, 0) is 4.79 Å². The summed E-state index contributed by atoms with van der Waals surface area (Å²) in [5, 5.41) is 19.0. The van der Waals surface area contributed by atoms with Gasteiger partial charge in [-0.15, -0.1) is 0 Å². The van der Waals surface area contributed by atoms with Gasteiger partial charge < -0.3 is 10.8 Å². The van der Waals surface area contributed by atoms with Crippen molar-refractivity contribution in [2.24, 2.45) is 5.73 Å². The highest BCUT2D eigenvalue weighted by Gasteiger charge is 2.18. The third-order valence-corrected chi connectivity index (χ3v) is 2.10. The maximum Gasteiger partial charge on any atom is 0.320 e. The van der Waals surface area contributed by atoms with Gasteiger partial charge in [-0.05, 0) is 0 Å². The quantitative estimate of drug-likeness (QED) is 0.439. The molecule has 1 atom stereocenters. The standard InChI is InChI=1S/C10H10N2O5/c11-8(10(14)15)5-9(13)6-2-1-3-7(4-6)12(16)17/h1-4,8H,5,11H2,(H,14,15)/t8-/m1/s1. The summed E-state index contributed by atoms with van der Waals surface area (Å²) < 4.78 is 0. The third kappa shape index (κ3) is 3.35. The molecule has 3 N–H and O–H groups in total. The van der Waals surface area contributed by atoms with Gasteiger partial charge in [0.1, 0.15) is 6.04 Å². The van der Waals surface area contributed by atoms with E-state index in [1.807, 2.05) is 0 Å². The Morgan fingerprint density at radius 3 is 2.65 bits per heavy atom. The first-order chi connectivity index (χ1) is 7.91. The van der Waals surface area contributed by atoms with E-state index in [1.165, 1.54) is 18.2 Å². The molecule has 0 aliphatic heterocycles. The Kier molecular flexibility index (Phi) is 3.89. The van der Waals surface area contributed by atoms with Gasteiger partial charge in [-0.2, -0.15) is 0 Å². The Morgan fingerprint density at radius 2 is 2.12 bits per heavy atom. The van der Waals surface area contributed by atoms with Crippen LogP contribution in [0.4, 0.5) is 5.69 Å². The van der Waals surface area contributed by atoms with Gasteiger partial charge in [0.05, 0.1) is 4.92 Å². The molecule has 0 bridgehead atoms. The zero-order valence-electron chi connectivity index (χ0n) is 8.70. The lowest BCUT2D eigenvalue weighted by Gasteiger charge is -2.05. The van der Waals surface area contributed by atoms with Crippen LogP contribution in [0, 0.1) is 10.1 Å². The molecule has 0 heterocycles. The first-order valence-electron chi connectivity index (χ1n) is 4.68. The van der Waals surface area contributed by atoms with Crippen LogP contribution < -0.4 is 5.73 Å². The fraction of sp³-hybridized carbons (Fsp3) is 0.200. The number of hydrogen-bond acceptors (Lipinski definition) is 5. The number of Topliss-reactive ketones (excluding diaryl/α,β-unsaturated/α-hetero) is 1. The largest absolute Gasteiger partial charge is 0.480 e. The normalized spacial score (nSPS) is 11.8. The van der Waals surface area contributed by atoms with Crippen LogP contribution in [0.15, 0.2) is 24.3 Å². The number of aliphatic carboxylic acids is 1. The van der Waals surface area contributed by atoms with Gasteiger partial charge in [-0.3, -0.25) is 19.7 Å². The molecule has 90 valence electrons. The van der Waals surface area contributed by atoms with Crippen molar-refractivity contribution in [1.82, 2.24) is 0 Å². The lowest BCUT2D eigenvalue weighted by atomic mass is 10.0. The van der Waals surface area contributed by atoms with Gasteiger partial charge in [0, 0.05) is 24.1 Å². The Balaban J connectivity index is 2.86. The molecule has 1 aromatic carbocycles. The number of nitro groups is 1. The highest BCUT2D eigenvalue weighted by molar-refractivity contribution is 5.99. The molecule has 0 fully saturated rings. The minimum atomic E-state index is -1.30. The van der Waals surface area contributed by atoms with Crippen LogP contribution in [0.1, 0.15) is 16.8 Å². The van der Waals surface area contributed by atoms with Gasteiger partial charge in [0.25, 0.3) is 5.69 Å². The minimum absolute atomic E-state index is 0.0795. The Hall–Kier alpha value is -2.28. The van der Waals surface area contributed by atoms with Crippen molar-refractivity contribution in [3.63, 3.8) is 0 Å². The van der Waals surface area contributed by atoms with E-state index in [2.05, 4.69) is 0 Å². The van der Waals surface area contributed by atoms with Gasteiger partial charge >= 0.3 is 5.97 Å². The number of benzene rings is 1. The number of hydrogen-bond donors (Lipinski definition) is 2. The molecule has 0 amide bonds. The second-order valence-corrected chi connectivity index (χ2v) is 3.38. The van der Waals surface area contributed by atoms with E-state index in [1.54, 1.807) is 0 Å². The van der Waals surface area contributed by atoms with E-state index in [0.29, 0.717) is 0 Å². The molecule has 0 unspecified atom stereocenters. The van der Waals surface area contributed by atoms with Crippen molar-refractivity contribution in [3.8, 4) is 0 Å². The van der Waals surface area contributed by atoms with Crippen molar-refractivity contribution >= 4 is 17.4 Å². The molecule has 17 heavy (non-hydrogen) atoms.